The molecule has 1 fully saturated rings. The zero-order chi connectivity index (χ0) is 12.8. The van der Waals surface area contributed by atoms with Crippen LogP contribution in [0.25, 0.3) is 0 Å². The van der Waals surface area contributed by atoms with Gasteiger partial charge in [-0.15, -0.1) is 11.3 Å². The number of hydrogen-bond donors (Lipinski definition) is 1. The Morgan fingerprint density at radius 1 is 1.44 bits per heavy atom. The molecule has 2 heterocycles. The van der Waals surface area contributed by atoms with Crippen molar-refractivity contribution in [3.05, 3.63) is 20.8 Å². The Labute approximate surface area is 123 Å². The van der Waals surface area contributed by atoms with Crippen LogP contribution < -0.4 is 5.32 Å². The Bertz CT molecular complexity index is 345. The van der Waals surface area contributed by atoms with E-state index >= 15 is 0 Å². The molecule has 0 unspecified atom stereocenters. The molecule has 1 N–H and O–H groups in total. The number of likely N-dealkylation sites (tertiary alicyclic amines) is 1. The summed E-state index contributed by atoms with van der Waals surface area (Å²) in [6, 6.07) is 2.15. The van der Waals surface area contributed by atoms with Crippen molar-refractivity contribution in [3.8, 4) is 0 Å². The van der Waals surface area contributed by atoms with Gasteiger partial charge in [-0.3, -0.25) is 4.90 Å². The van der Waals surface area contributed by atoms with Crippen LogP contribution >= 0.6 is 27.3 Å². The van der Waals surface area contributed by atoms with Crippen molar-refractivity contribution in [2.75, 3.05) is 26.2 Å². The molecule has 1 aromatic rings. The standard InChI is InChI=1S/C14H23BrN2S/c1-2-6-16-10-12-3-7-17(8-4-12)11-14-13(15)5-9-18-14/h5,9,12,16H,2-4,6-8,10-11H2,1H3. The van der Waals surface area contributed by atoms with Crippen LogP contribution in [0.5, 0.6) is 0 Å². The van der Waals surface area contributed by atoms with Crippen LogP contribution in [0.2, 0.25) is 0 Å². The van der Waals surface area contributed by atoms with Crippen molar-refractivity contribution in [1.29, 1.82) is 0 Å². The van der Waals surface area contributed by atoms with E-state index in [-0.39, 0.29) is 0 Å². The van der Waals surface area contributed by atoms with E-state index in [9.17, 15) is 0 Å². The fraction of sp³-hybridized carbons (Fsp3) is 0.714. The average molecular weight is 331 g/mol. The molecule has 2 nitrogen and oxygen atoms in total. The lowest BCUT2D eigenvalue weighted by atomic mass is 9.97. The molecule has 2 rings (SSSR count). The summed E-state index contributed by atoms with van der Waals surface area (Å²) < 4.78 is 1.28. The zero-order valence-corrected chi connectivity index (χ0v) is 13.5. The second-order valence-electron chi connectivity index (χ2n) is 5.12. The molecule has 1 aliphatic heterocycles. The number of halogens is 1. The van der Waals surface area contributed by atoms with E-state index in [1.54, 1.807) is 0 Å². The van der Waals surface area contributed by atoms with E-state index in [4.69, 9.17) is 0 Å². The molecule has 4 heteroatoms. The van der Waals surface area contributed by atoms with E-state index in [1.807, 2.05) is 11.3 Å². The minimum absolute atomic E-state index is 0.888. The molecular formula is C14H23BrN2S. The summed E-state index contributed by atoms with van der Waals surface area (Å²) in [6.45, 7) is 8.24. The molecule has 0 saturated carbocycles. The quantitative estimate of drug-likeness (QED) is 0.799. The van der Waals surface area contributed by atoms with Gasteiger partial charge in [-0.25, -0.2) is 0 Å². The molecule has 0 aliphatic carbocycles. The lowest BCUT2D eigenvalue weighted by Gasteiger charge is -2.31. The Morgan fingerprint density at radius 2 is 2.22 bits per heavy atom. The van der Waals surface area contributed by atoms with E-state index in [0.29, 0.717) is 0 Å². The summed E-state index contributed by atoms with van der Waals surface area (Å²) in [5.41, 5.74) is 0. The van der Waals surface area contributed by atoms with Crippen LogP contribution in [0, 0.1) is 5.92 Å². The highest BCUT2D eigenvalue weighted by atomic mass is 79.9. The van der Waals surface area contributed by atoms with Gasteiger partial charge in [0.25, 0.3) is 0 Å². The molecule has 0 spiro atoms. The van der Waals surface area contributed by atoms with Gasteiger partial charge in [0.15, 0.2) is 0 Å². The van der Waals surface area contributed by atoms with Crippen molar-refractivity contribution >= 4 is 27.3 Å². The molecule has 18 heavy (non-hydrogen) atoms. The van der Waals surface area contributed by atoms with E-state index < -0.39 is 0 Å². The van der Waals surface area contributed by atoms with Crippen LogP contribution in [0.15, 0.2) is 15.9 Å². The highest BCUT2D eigenvalue weighted by Gasteiger charge is 2.19. The minimum Gasteiger partial charge on any atom is -0.316 e. The Balaban J connectivity index is 1.69. The van der Waals surface area contributed by atoms with Crippen LogP contribution in [0.4, 0.5) is 0 Å². The number of nitrogens with one attached hydrogen (secondary N) is 1. The molecule has 102 valence electrons. The third-order valence-corrected chi connectivity index (χ3v) is 5.54. The molecule has 1 aromatic heterocycles. The van der Waals surface area contributed by atoms with Crippen molar-refractivity contribution in [2.24, 2.45) is 5.92 Å². The number of rotatable bonds is 6. The zero-order valence-electron chi connectivity index (χ0n) is 11.1. The number of piperidine rings is 1. The van der Waals surface area contributed by atoms with Gasteiger partial charge in [0.1, 0.15) is 0 Å². The second-order valence-corrected chi connectivity index (χ2v) is 6.97. The first-order valence-corrected chi connectivity index (χ1v) is 8.61. The van der Waals surface area contributed by atoms with Crippen LogP contribution in [-0.2, 0) is 6.54 Å². The third kappa shape index (κ3) is 4.34. The molecular weight excluding hydrogens is 308 g/mol. The number of thiophene rings is 1. The summed E-state index contributed by atoms with van der Waals surface area (Å²) in [7, 11) is 0. The van der Waals surface area contributed by atoms with Crippen LogP contribution in [0.1, 0.15) is 31.1 Å². The lowest BCUT2D eigenvalue weighted by molar-refractivity contribution is 0.176. The second kappa shape index (κ2) is 7.63. The molecule has 0 amide bonds. The van der Waals surface area contributed by atoms with Crippen molar-refractivity contribution in [3.63, 3.8) is 0 Å². The van der Waals surface area contributed by atoms with Gasteiger partial charge in [0, 0.05) is 15.9 Å². The van der Waals surface area contributed by atoms with Gasteiger partial charge in [0.2, 0.25) is 0 Å². The maximum atomic E-state index is 3.62. The van der Waals surface area contributed by atoms with Gasteiger partial charge < -0.3 is 5.32 Å². The van der Waals surface area contributed by atoms with Gasteiger partial charge in [0.05, 0.1) is 0 Å². The Kier molecular flexibility index (Phi) is 6.15. The fourth-order valence-corrected chi connectivity index (χ4v) is 3.99. The van der Waals surface area contributed by atoms with Crippen molar-refractivity contribution in [2.45, 2.75) is 32.7 Å². The maximum Gasteiger partial charge on any atom is 0.0339 e. The number of nitrogens with zero attached hydrogens (tertiary/aromatic N) is 1. The minimum atomic E-state index is 0.888. The predicted octanol–water partition coefficient (Wildman–Crippen LogP) is 3.72. The summed E-state index contributed by atoms with van der Waals surface area (Å²) in [6.07, 6.45) is 3.94. The maximum absolute atomic E-state index is 3.62. The average Bonchev–Trinajstić information content (AvgIpc) is 2.78. The topological polar surface area (TPSA) is 15.3 Å². The molecule has 0 radical (unpaired) electrons. The van der Waals surface area contributed by atoms with Crippen LogP contribution in [-0.4, -0.2) is 31.1 Å². The molecule has 1 aliphatic rings. The predicted molar refractivity (Wildman–Crippen MR) is 83.2 cm³/mol. The first kappa shape index (κ1) is 14.5. The highest BCUT2D eigenvalue weighted by molar-refractivity contribution is 9.10. The van der Waals surface area contributed by atoms with E-state index in [0.717, 1.165) is 12.5 Å². The Hall–Kier alpha value is 0.100. The molecule has 0 aromatic carbocycles. The van der Waals surface area contributed by atoms with Crippen molar-refractivity contribution in [1.82, 2.24) is 10.2 Å². The van der Waals surface area contributed by atoms with Crippen LogP contribution in [0.3, 0.4) is 0 Å². The molecule has 1 saturated heterocycles. The highest BCUT2D eigenvalue weighted by Crippen LogP contribution is 2.26. The largest absolute Gasteiger partial charge is 0.316 e. The van der Waals surface area contributed by atoms with E-state index in [1.165, 1.54) is 54.8 Å². The summed E-state index contributed by atoms with van der Waals surface area (Å²) in [4.78, 5) is 4.06. The smallest absolute Gasteiger partial charge is 0.0339 e. The van der Waals surface area contributed by atoms with Gasteiger partial charge >= 0.3 is 0 Å². The normalized spacial score (nSPS) is 18.3. The first-order chi connectivity index (χ1) is 8.79. The lowest BCUT2D eigenvalue weighted by Crippen LogP contribution is -2.36. The van der Waals surface area contributed by atoms with Crippen molar-refractivity contribution < 1.29 is 0 Å². The molecule has 0 atom stereocenters. The van der Waals surface area contributed by atoms with E-state index in [2.05, 4.69) is 44.5 Å². The summed E-state index contributed by atoms with van der Waals surface area (Å²) >= 11 is 5.48. The van der Waals surface area contributed by atoms with Gasteiger partial charge in [-0.2, -0.15) is 0 Å². The fourth-order valence-electron chi connectivity index (χ4n) is 2.47. The Morgan fingerprint density at radius 3 is 2.83 bits per heavy atom. The third-order valence-electron chi connectivity index (χ3n) is 3.63. The summed E-state index contributed by atoms with van der Waals surface area (Å²) in [5.74, 6) is 0.888. The first-order valence-electron chi connectivity index (χ1n) is 6.94. The monoisotopic (exact) mass is 330 g/mol. The summed E-state index contributed by atoms with van der Waals surface area (Å²) in [5, 5.41) is 5.72. The molecule has 0 bridgehead atoms. The van der Waals surface area contributed by atoms with Gasteiger partial charge in [-0.1, -0.05) is 6.92 Å². The SMILES string of the molecule is CCCNCC1CCN(Cc2sccc2Br)CC1. The number of hydrogen-bond acceptors (Lipinski definition) is 3. The van der Waals surface area contributed by atoms with Gasteiger partial charge in [-0.05, 0) is 78.7 Å².